The van der Waals surface area contributed by atoms with Crippen molar-refractivity contribution >= 4 is 12.2 Å². The van der Waals surface area contributed by atoms with Crippen LogP contribution in [0.1, 0.15) is 35.6 Å². The van der Waals surface area contributed by atoms with Crippen LogP contribution in [0.2, 0.25) is 0 Å². The summed E-state index contributed by atoms with van der Waals surface area (Å²) in [4.78, 5) is 4.25. The summed E-state index contributed by atoms with van der Waals surface area (Å²) in [5, 5.41) is 7.75. The molecule has 4 aromatic rings. The van der Waals surface area contributed by atoms with Crippen molar-refractivity contribution in [2.75, 3.05) is 0 Å². The maximum Gasteiger partial charge on any atom is 0.218 e. The molecule has 0 fully saturated rings. The molecule has 32 heavy (non-hydrogen) atoms. The lowest BCUT2D eigenvalue weighted by Gasteiger charge is -2.06. The van der Waals surface area contributed by atoms with Crippen molar-refractivity contribution in [3.05, 3.63) is 95.5 Å². The normalized spacial score (nSPS) is 11.3. The quantitative estimate of drug-likeness (QED) is 0.315. The van der Waals surface area contributed by atoms with Gasteiger partial charge in [-0.2, -0.15) is 0 Å². The third kappa shape index (κ3) is 5.87. The highest BCUT2D eigenvalue weighted by molar-refractivity contribution is 5.66. The third-order valence-corrected chi connectivity index (χ3v) is 4.85. The molecule has 0 aliphatic rings. The average molecular weight is 436 g/mol. The number of oxazole rings is 1. The van der Waals surface area contributed by atoms with Gasteiger partial charge < -0.3 is 9.15 Å². The Kier molecular flexibility index (Phi) is 7.01. The molecular weight excluding hydrogens is 414 g/mol. The molecule has 0 saturated heterocycles. The van der Waals surface area contributed by atoms with Gasteiger partial charge in [-0.15, -0.1) is 5.10 Å². The number of aryl methyl sites for hydroxylation is 2. The van der Waals surface area contributed by atoms with Crippen LogP contribution in [-0.2, 0) is 19.6 Å². The second kappa shape index (κ2) is 10.5. The Morgan fingerprint density at radius 3 is 2.56 bits per heavy atom. The lowest BCUT2D eigenvalue weighted by atomic mass is 10.1. The first kappa shape index (κ1) is 21.4. The minimum absolute atomic E-state index is 0.137. The minimum Gasteiger partial charge on any atom is -0.487 e. The van der Waals surface area contributed by atoms with Crippen LogP contribution in [-0.4, -0.2) is 20.0 Å². The van der Waals surface area contributed by atoms with Crippen molar-refractivity contribution in [2.24, 2.45) is 0 Å². The summed E-state index contributed by atoms with van der Waals surface area (Å²) in [6.07, 6.45) is 10.8. The fourth-order valence-electron chi connectivity index (χ4n) is 3.15. The van der Waals surface area contributed by atoms with Crippen molar-refractivity contribution in [3.8, 4) is 5.75 Å². The molecule has 0 aliphatic carbocycles. The first-order valence-electron chi connectivity index (χ1n) is 10.3. The summed E-state index contributed by atoms with van der Waals surface area (Å²) in [7, 11) is 0. The van der Waals surface area contributed by atoms with Gasteiger partial charge in [0, 0.05) is 24.4 Å². The molecule has 0 spiro atoms. The number of unbranched alkanes of at least 4 members (excludes halogenated alkanes) is 1. The van der Waals surface area contributed by atoms with E-state index in [1.807, 2.05) is 35.1 Å². The molecule has 0 N–H and O–H groups in total. The summed E-state index contributed by atoms with van der Waals surface area (Å²) in [6.45, 7) is 1.09. The Labute approximate surface area is 184 Å². The second-order valence-electron chi connectivity index (χ2n) is 7.20. The molecule has 0 amide bonds. The molecule has 4 rings (SSSR count). The zero-order valence-corrected chi connectivity index (χ0v) is 17.3. The summed E-state index contributed by atoms with van der Waals surface area (Å²) in [6, 6.07) is 11.7. The number of rotatable bonds is 10. The van der Waals surface area contributed by atoms with Gasteiger partial charge in [0.2, 0.25) is 5.89 Å². The number of benzene rings is 2. The highest BCUT2D eigenvalue weighted by Crippen LogP contribution is 2.18. The van der Waals surface area contributed by atoms with Gasteiger partial charge in [-0.1, -0.05) is 23.4 Å². The van der Waals surface area contributed by atoms with Gasteiger partial charge in [-0.05, 0) is 55.2 Å². The summed E-state index contributed by atoms with van der Waals surface area (Å²) in [5.41, 5.74) is 1.68. The molecule has 6 nitrogen and oxygen atoms in total. The number of hydrogen-bond donors (Lipinski definition) is 0. The maximum absolute atomic E-state index is 13.7. The predicted octanol–water partition coefficient (Wildman–Crippen LogP) is 5.32. The molecule has 0 saturated carbocycles. The Morgan fingerprint density at radius 2 is 1.81 bits per heavy atom. The maximum atomic E-state index is 13.7. The molecule has 8 heteroatoms. The second-order valence-corrected chi connectivity index (χ2v) is 7.20. The number of nitrogens with zero attached hydrogens (tertiary/aromatic N) is 4. The van der Waals surface area contributed by atoms with Crippen LogP contribution in [0.25, 0.3) is 12.2 Å². The number of aromatic nitrogens is 4. The molecule has 0 aliphatic heterocycles. The fraction of sp³-hybridized carbons (Fsp3) is 0.208. The standard InChI is InChI=1S/C24H22F2N4O2/c25-22-5-3-6-23(26)21(22)11-12-24-28-19(17-32-24)16-31-20-9-7-18(8-10-20)4-1-2-14-30-15-13-27-29-30/h3,5-13,15,17H,1-2,4,14,16H2/b12-11+. The lowest BCUT2D eigenvalue weighted by molar-refractivity contribution is 0.301. The zero-order valence-electron chi connectivity index (χ0n) is 17.3. The van der Waals surface area contributed by atoms with E-state index in [4.69, 9.17) is 9.15 Å². The first-order valence-corrected chi connectivity index (χ1v) is 10.3. The molecule has 0 unspecified atom stereocenters. The van der Waals surface area contributed by atoms with E-state index in [0.717, 1.165) is 31.6 Å². The molecule has 0 atom stereocenters. The van der Waals surface area contributed by atoms with Crippen molar-refractivity contribution < 1.29 is 17.9 Å². The molecular formula is C24H22F2N4O2. The zero-order chi connectivity index (χ0) is 22.2. The van der Waals surface area contributed by atoms with E-state index in [1.54, 1.807) is 6.20 Å². The van der Waals surface area contributed by atoms with Gasteiger partial charge in [0.25, 0.3) is 0 Å². The third-order valence-electron chi connectivity index (χ3n) is 4.85. The molecule has 2 heterocycles. The van der Waals surface area contributed by atoms with Gasteiger partial charge in [0.15, 0.2) is 0 Å². The largest absolute Gasteiger partial charge is 0.487 e. The summed E-state index contributed by atoms with van der Waals surface area (Å²) < 4.78 is 40.3. The first-order chi connectivity index (χ1) is 15.7. The van der Waals surface area contributed by atoms with E-state index in [2.05, 4.69) is 15.3 Å². The van der Waals surface area contributed by atoms with Crippen LogP contribution in [0.3, 0.4) is 0 Å². The van der Waals surface area contributed by atoms with Crippen molar-refractivity contribution in [1.29, 1.82) is 0 Å². The number of halogens is 2. The van der Waals surface area contributed by atoms with Crippen molar-refractivity contribution in [1.82, 2.24) is 20.0 Å². The fourth-order valence-corrected chi connectivity index (χ4v) is 3.15. The Bertz CT molecular complexity index is 1130. The lowest BCUT2D eigenvalue weighted by Crippen LogP contribution is -1.99. The van der Waals surface area contributed by atoms with E-state index in [-0.39, 0.29) is 18.1 Å². The van der Waals surface area contributed by atoms with Gasteiger partial charge in [0.05, 0.1) is 6.20 Å². The number of hydrogen-bond acceptors (Lipinski definition) is 5. The Balaban J connectivity index is 1.23. The monoisotopic (exact) mass is 436 g/mol. The molecule has 164 valence electrons. The topological polar surface area (TPSA) is 66.0 Å². The van der Waals surface area contributed by atoms with E-state index in [0.29, 0.717) is 5.69 Å². The van der Waals surface area contributed by atoms with E-state index in [9.17, 15) is 8.78 Å². The smallest absolute Gasteiger partial charge is 0.218 e. The molecule has 2 aromatic carbocycles. The van der Waals surface area contributed by atoms with Gasteiger partial charge >= 0.3 is 0 Å². The van der Waals surface area contributed by atoms with Gasteiger partial charge in [0.1, 0.15) is 35.9 Å². The predicted molar refractivity (Wildman–Crippen MR) is 116 cm³/mol. The Hall–Kier alpha value is -3.81. The average Bonchev–Trinajstić information content (AvgIpc) is 3.48. The molecule has 0 radical (unpaired) electrons. The van der Waals surface area contributed by atoms with Crippen molar-refractivity contribution in [3.63, 3.8) is 0 Å². The van der Waals surface area contributed by atoms with Crippen LogP contribution < -0.4 is 4.74 Å². The highest BCUT2D eigenvalue weighted by atomic mass is 19.1. The SMILES string of the molecule is Fc1cccc(F)c1/C=C/c1nc(COc2ccc(CCCCn3ccnn3)cc2)co1. The molecule has 2 aromatic heterocycles. The summed E-state index contributed by atoms with van der Waals surface area (Å²) in [5.74, 6) is -0.317. The van der Waals surface area contributed by atoms with Crippen LogP contribution in [0.15, 0.2) is 65.5 Å². The molecule has 0 bridgehead atoms. The van der Waals surface area contributed by atoms with Crippen LogP contribution in [0.5, 0.6) is 5.75 Å². The van der Waals surface area contributed by atoms with Crippen LogP contribution >= 0.6 is 0 Å². The van der Waals surface area contributed by atoms with Gasteiger partial charge in [-0.25, -0.2) is 13.8 Å². The van der Waals surface area contributed by atoms with Crippen LogP contribution in [0, 0.1) is 11.6 Å². The minimum atomic E-state index is -0.644. The number of ether oxygens (including phenoxy) is 1. The van der Waals surface area contributed by atoms with E-state index in [1.165, 1.54) is 42.2 Å². The Morgan fingerprint density at radius 1 is 1.00 bits per heavy atom. The summed E-state index contributed by atoms with van der Waals surface area (Å²) >= 11 is 0. The van der Waals surface area contributed by atoms with Crippen molar-refractivity contribution in [2.45, 2.75) is 32.4 Å². The van der Waals surface area contributed by atoms with E-state index < -0.39 is 11.6 Å². The highest BCUT2D eigenvalue weighted by Gasteiger charge is 2.07. The van der Waals surface area contributed by atoms with E-state index >= 15 is 0 Å². The van der Waals surface area contributed by atoms with Crippen LogP contribution in [0.4, 0.5) is 8.78 Å². The van der Waals surface area contributed by atoms with Gasteiger partial charge in [-0.3, -0.25) is 4.68 Å².